The van der Waals surface area contributed by atoms with Crippen LogP contribution in [-0.2, 0) is 13.2 Å². The number of ether oxygens (including phenoxy) is 1. The van der Waals surface area contributed by atoms with Crippen molar-refractivity contribution in [3.8, 4) is 5.75 Å². The van der Waals surface area contributed by atoms with Crippen LogP contribution in [0.2, 0.25) is 0 Å². The van der Waals surface area contributed by atoms with Crippen LogP contribution < -0.4 is 10.1 Å². The molecule has 0 saturated carbocycles. The number of alkyl halides is 6. The molecule has 0 bridgehead atoms. The molecule has 0 atom stereocenters. The fraction of sp³-hybridized carbons (Fsp3) is 0.333. The van der Waals surface area contributed by atoms with Gasteiger partial charge in [0, 0.05) is 19.4 Å². The highest BCUT2D eigenvalue weighted by atomic mass is 19.4. The molecule has 5 nitrogen and oxygen atoms in total. The molecule has 26 heavy (non-hydrogen) atoms. The van der Waals surface area contributed by atoms with E-state index in [2.05, 4.69) is 20.0 Å². The lowest BCUT2D eigenvalue weighted by Gasteiger charge is -2.10. The number of halogens is 6. The molecule has 2 heterocycles. The first-order chi connectivity index (χ1) is 12.0. The Morgan fingerprint density at radius 3 is 2.46 bits per heavy atom. The molecule has 0 amide bonds. The van der Waals surface area contributed by atoms with Gasteiger partial charge in [-0.2, -0.15) is 26.3 Å². The zero-order valence-corrected chi connectivity index (χ0v) is 13.6. The number of hydrogen-bond donors (Lipinski definition) is 1. The molecule has 0 aliphatic carbocycles. The summed E-state index contributed by atoms with van der Waals surface area (Å²) in [7, 11) is 1.41. The van der Waals surface area contributed by atoms with E-state index in [0.717, 1.165) is 12.4 Å². The fourth-order valence-electron chi connectivity index (χ4n) is 1.91. The first-order valence-corrected chi connectivity index (χ1v) is 7.15. The number of imidazole rings is 1. The minimum atomic E-state index is -4.54. The molecule has 0 aliphatic rings. The van der Waals surface area contributed by atoms with Gasteiger partial charge in [-0.15, -0.1) is 0 Å². The summed E-state index contributed by atoms with van der Waals surface area (Å²) in [6.07, 6.45) is -4.39. The lowest BCUT2D eigenvalue weighted by Crippen LogP contribution is -2.19. The maximum atomic E-state index is 12.6. The van der Waals surface area contributed by atoms with Crippen molar-refractivity contribution in [2.24, 2.45) is 7.05 Å². The molecule has 142 valence electrons. The summed E-state index contributed by atoms with van der Waals surface area (Å²) in [6.45, 7) is 0.160. The van der Waals surface area contributed by atoms with E-state index < -0.39 is 24.7 Å². The third-order valence-electron chi connectivity index (χ3n) is 3.11. The van der Waals surface area contributed by atoms with Crippen LogP contribution in [0.5, 0.6) is 5.75 Å². The van der Waals surface area contributed by atoms with Crippen LogP contribution in [0.4, 0.5) is 32.2 Å². The van der Waals surface area contributed by atoms with Crippen LogP contribution in [0.3, 0.4) is 0 Å². The monoisotopic (exact) mass is 380 g/mol. The Morgan fingerprint density at radius 2 is 1.92 bits per heavy atom. The molecule has 0 saturated heterocycles. The molecule has 0 aliphatic heterocycles. The van der Waals surface area contributed by atoms with Crippen LogP contribution in [0.1, 0.15) is 17.1 Å². The van der Waals surface area contributed by atoms with Gasteiger partial charge in [0.2, 0.25) is 0 Å². The van der Waals surface area contributed by atoms with Gasteiger partial charge in [-0.25, -0.2) is 9.97 Å². The number of nitrogens with zero attached hydrogens (tertiary/aromatic N) is 3. The molecular weight excluding hydrogens is 366 g/mol. The van der Waals surface area contributed by atoms with Gasteiger partial charge < -0.3 is 14.6 Å². The van der Waals surface area contributed by atoms with Crippen molar-refractivity contribution in [3.05, 3.63) is 41.7 Å². The van der Waals surface area contributed by atoms with Gasteiger partial charge >= 0.3 is 12.4 Å². The molecule has 0 radical (unpaired) electrons. The predicted molar refractivity (Wildman–Crippen MR) is 81.4 cm³/mol. The van der Waals surface area contributed by atoms with Crippen molar-refractivity contribution in [2.75, 3.05) is 11.9 Å². The Bertz CT molecular complexity index is 794. The molecule has 2 aromatic rings. The summed E-state index contributed by atoms with van der Waals surface area (Å²) in [5, 5.41) is 2.73. The second-order valence-corrected chi connectivity index (χ2v) is 5.31. The Balaban J connectivity index is 2.03. The SMILES string of the molecule is Cc1cc(OCC(F)(F)F)cnc1N/C=C\c1nc(C(F)(F)F)cn1C. The summed E-state index contributed by atoms with van der Waals surface area (Å²) in [6, 6.07) is 1.36. The first-order valence-electron chi connectivity index (χ1n) is 7.15. The molecule has 0 fully saturated rings. The van der Waals surface area contributed by atoms with Gasteiger partial charge in [-0.3, -0.25) is 0 Å². The summed E-state index contributed by atoms with van der Waals surface area (Å²) < 4.78 is 79.9. The third kappa shape index (κ3) is 5.39. The molecule has 2 rings (SSSR count). The average molecular weight is 380 g/mol. The van der Waals surface area contributed by atoms with E-state index in [9.17, 15) is 26.3 Å². The lowest BCUT2D eigenvalue weighted by atomic mass is 10.3. The van der Waals surface area contributed by atoms with Crippen LogP contribution >= 0.6 is 0 Å². The van der Waals surface area contributed by atoms with Crippen LogP contribution in [0.15, 0.2) is 24.7 Å². The van der Waals surface area contributed by atoms with E-state index in [1.165, 1.54) is 30.0 Å². The highest BCUT2D eigenvalue weighted by molar-refractivity contribution is 5.52. The number of anilines is 1. The second kappa shape index (κ2) is 7.26. The Morgan fingerprint density at radius 1 is 1.23 bits per heavy atom. The minimum absolute atomic E-state index is 0.0479. The van der Waals surface area contributed by atoms with Gasteiger partial charge in [-0.1, -0.05) is 0 Å². The van der Waals surface area contributed by atoms with Crippen molar-refractivity contribution in [1.29, 1.82) is 0 Å². The zero-order valence-electron chi connectivity index (χ0n) is 13.6. The van der Waals surface area contributed by atoms with E-state index in [0.29, 0.717) is 11.4 Å². The number of hydrogen-bond acceptors (Lipinski definition) is 4. The molecule has 0 aromatic carbocycles. The maximum absolute atomic E-state index is 12.6. The molecule has 1 N–H and O–H groups in total. The van der Waals surface area contributed by atoms with E-state index in [1.807, 2.05) is 0 Å². The fourth-order valence-corrected chi connectivity index (χ4v) is 1.91. The lowest BCUT2D eigenvalue weighted by molar-refractivity contribution is -0.153. The van der Waals surface area contributed by atoms with E-state index in [1.54, 1.807) is 6.92 Å². The summed E-state index contributed by atoms with van der Waals surface area (Å²) >= 11 is 0. The van der Waals surface area contributed by atoms with Crippen molar-refractivity contribution in [2.45, 2.75) is 19.3 Å². The van der Waals surface area contributed by atoms with E-state index >= 15 is 0 Å². The highest BCUT2D eigenvalue weighted by Crippen LogP contribution is 2.28. The second-order valence-electron chi connectivity index (χ2n) is 5.31. The summed E-state index contributed by atoms with van der Waals surface area (Å²) in [5.74, 6) is 0.326. The van der Waals surface area contributed by atoms with Gasteiger partial charge in [0.1, 0.15) is 17.4 Å². The Labute approximate surface area is 144 Å². The maximum Gasteiger partial charge on any atom is 0.434 e. The Kier molecular flexibility index (Phi) is 5.47. The number of nitrogens with one attached hydrogen (secondary N) is 1. The van der Waals surface area contributed by atoms with E-state index in [4.69, 9.17) is 0 Å². The smallest absolute Gasteiger partial charge is 0.434 e. The topological polar surface area (TPSA) is 52.0 Å². The number of rotatable bonds is 5. The van der Waals surface area contributed by atoms with Crippen molar-refractivity contribution in [1.82, 2.24) is 14.5 Å². The van der Waals surface area contributed by atoms with Crippen LogP contribution in [-0.4, -0.2) is 27.3 Å². The standard InChI is InChI=1S/C15H14F6N4O/c1-9-5-10(26-8-14(16,17)18)6-23-13(9)22-4-3-12-24-11(7-25(12)2)15(19,20)21/h3-7H,8H2,1-2H3,(H,22,23)/b4-3-. The molecule has 0 spiro atoms. The van der Waals surface area contributed by atoms with E-state index in [-0.39, 0.29) is 11.6 Å². The van der Waals surface area contributed by atoms with Gasteiger partial charge in [-0.05, 0) is 24.6 Å². The predicted octanol–water partition coefficient (Wildman–Crippen LogP) is 4.17. The van der Waals surface area contributed by atoms with Gasteiger partial charge in [0.05, 0.1) is 6.20 Å². The van der Waals surface area contributed by atoms with Gasteiger partial charge in [0.25, 0.3) is 0 Å². The first kappa shape index (κ1) is 19.6. The van der Waals surface area contributed by atoms with Crippen LogP contribution in [0.25, 0.3) is 6.08 Å². The van der Waals surface area contributed by atoms with Gasteiger partial charge in [0.15, 0.2) is 12.3 Å². The normalized spacial score (nSPS) is 12.6. The highest BCUT2D eigenvalue weighted by Gasteiger charge is 2.34. The van der Waals surface area contributed by atoms with Crippen molar-refractivity contribution < 1.29 is 31.1 Å². The van der Waals surface area contributed by atoms with Crippen molar-refractivity contribution >= 4 is 11.9 Å². The zero-order chi connectivity index (χ0) is 19.5. The molecule has 11 heteroatoms. The quantitative estimate of drug-likeness (QED) is 0.792. The largest absolute Gasteiger partial charge is 0.482 e. The number of pyridine rings is 1. The summed E-state index contributed by atoms with van der Waals surface area (Å²) in [5.41, 5.74) is -0.523. The molecule has 0 unspecified atom stereocenters. The van der Waals surface area contributed by atoms with Crippen molar-refractivity contribution in [3.63, 3.8) is 0 Å². The minimum Gasteiger partial charge on any atom is -0.482 e. The Hall–Kier alpha value is -2.72. The molecule has 2 aromatic heterocycles. The molecular formula is C15H14F6N4O. The number of aromatic nitrogens is 3. The number of aryl methyl sites for hydroxylation is 2. The van der Waals surface area contributed by atoms with Crippen LogP contribution in [0, 0.1) is 6.92 Å². The average Bonchev–Trinajstić information content (AvgIpc) is 2.88. The summed E-state index contributed by atoms with van der Waals surface area (Å²) in [4.78, 5) is 7.38. The third-order valence-corrected chi connectivity index (χ3v) is 3.11.